The quantitative estimate of drug-likeness (QED) is 0.898. The molecule has 1 N–H and O–H groups in total. The maximum absolute atomic E-state index is 12.8. The molecule has 0 aliphatic carbocycles. The number of hydrogen-bond donors (Lipinski definition) is 1. The van der Waals surface area contributed by atoms with Crippen LogP contribution in [0.2, 0.25) is 0 Å². The summed E-state index contributed by atoms with van der Waals surface area (Å²) in [5.74, 6) is 1.29. The smallest absolute Gasteiger partial charge is 0.322 e. The van der Waals surface area contributed by atoms with E-state index in [9.17, 15) is 4.79 Å². The van der Waals surface area contributed by atoms with Crippen LogP contribution in [0, 0.1) is 6.92 Å². The molecule has 132 valence electrons. The van der Waals surface area contributed by atoms with Gasteiger partial charge < -0.3 is 19.7 Å². The van der Waals surface area contributed by atoms with Crippen LogP contribution in [0.15, 0.2) is 42.5 Å². The molecule has 1 aliphatic rings. The third-order valence-electron chi connectivity index (χ3n) is 4.66. The van der Waals surface area contributed by atoms with Crippen molar-refractivity contribution in [2.24, 2.45) is 0 Å². The summed E-state index contributed by atoms with van der Waals surface area (Å²) in [6.45, 7) is 2.85. The number of methoxy groups -OCH3 is 2. The largest absolute Gasteiger partial charge is 0.497 e. The number of amides is 2. The van der Waals surface area contributed by atoms with Gasteiger partial charge in [-0.15, -0.1) is 0 Å². The Morgan fingerprint density at radius 1 is 1.12 bits per heavy atom. The second-order valence-electron chi connectivity index (χ2n) is 6.24. The lowest BCUT2D eigenvalue weighted by Gasteiger charge is -2.26. The number of carbonyl (C=O) groups excluding carboxylic acids is 1. The normalized spacial score (nSPS) is 16.6. The molecule has 1 aliphatic heterocycles. The fraction of sp³-hybridized carbons (Fsp3) is 0.350. The van der Waals surface area contributed by atoms with Gasteiger partial charge in [0.15, 0.2) is 0 Å². The maximum atomic E-state index is 12.8. The Hall–Kier alpha value is -2.69. The van der Waals surface area contributed by atoms with Crippen molar-refractivity contribution < 1.29 is 14.3 Å². The van der Waals surface area contributed by atoms with E-state index in [2.05, 4.69) is 24.4 Å². The third-order valence-corrected chi connectivity index (χ3v) is 4.66. The maximum Gasteiger partial charge on any atom is 0.322 e. The zero-order chi connectivity index (χ0) is 17.8. The zero-order valence-electron chi connectivity index (χ0n) is 14.9. The van der Waals surface area contributed by atoms with Gasteiger partial charge in [-0.2, -0.15) is 0 Å². The molecule has 1 fully saturated rings. The van der Waals surface area contributed by atoms with Crippen LogP contribution in [-0.2, 0) is 0 Å². The first-order valence-corrected chi connectivity index (χ1v) is 8.48. The number of hydrogen-bond acceptors (Lipinski definition) is 3. The highest BCUT2D eigenvalue weighted by molar-refractivity contribution is 5.90. The van der Waals surface area contributed by atoms with Crippen LogP contribution in [-0.4, -0.2) is 31.7 Å². The van der Waals surface area contributed by atoms with E-state index in [4.69, 9.17) is 9.47 Å². The van der Waals surface area contributed by atoms with E-state index in [1.54, 1.807) is 32.4 Å². The Morgan fingerprint density at radius 2 is 1.80 bits per heavy atom. The van der Waals surface area contributed by atoms with E-state index in [1.807, 2.05) is 17.0 Å². The SMILES string of the molecule is COc1cc(NC(=O)N2CCC[C@@H]2c2ccccc2C)cc(OC)c1. The lowest BCUT2D eigenvalue weighted by molar-refractivity contribution is 0.207. The molecule has 0 spiro atoms. The molecule has 25 heavy (non-hydrogen) atoms. The molecule has 5 nitrogen and oxygen atoms in total. The van der Waals surface area contributed by atoms with Gasteiger partial charge in [-0.05, 0) is 30.9 Å². The predicted octanol–water partition coefficient (Wildman–Crippen LogP) is 4.38. The van der Waals surface area contributed by atoms with Gasteiger partial charge in [0.05, 0.1) is 20.3 Å². The standard InChI is InChI=1S/C20H24N2O3/c1-14-7-4-5-8-18(14)19-9-6-10-22(19)20(23)21-15-11-16(24-2)13-17(12-15)25-3/h4-5,7-8,11-13,19H,6,9-10H2,1-3H3,(H,21,23)/t19-/m1/s1. The van der Waals surface area contributed by atoms with Crippen molar-refractivity contribution in [2.45, 2.75) is 25.8 Å². The van der Waals surface area contributed by atoms with Crippen molar-refractivity contribution in [1.82, 2.24) is 4.90 Å². The number of aryl methyl sites for hydroxylation is 1. The van der Waals surface area contributed by atoms with E-state index >= 15 is 0 Å². The van der Waals surface area contributed by atoms with Gasteiger partial charge >= 0.3 is 6.03 Å². The van der Waals surface area contributed by atoms with Crippen LogP contribution in [0.4, 0.5) is 10.5 Å². The van der Waals surface area contributed by atoms with E-state index in [0.29, 0.717) is 17.2 Å². The number of likely N-dealkylation sites (tertiary alicyclic amines) is 1. The molecular weight excluding hydrogens is 316 g/mol. The number of benzene rings is 2. The van der Waals surface area contributed by atoms with Gasteiger partial charge in [0.25, 0.3) is 0 Å². The number of urea groups is 1. The number of anilines is 1. The van der Waals surface area contributed by atoms with Crippen LogP contribution in [0.3, 0.4) is 0 Å². The molecule has 5 heteroatoms. The Labute approximate surface area is 148 Å². The number of ether oxygens (including phenoxy) is 2. The monoisotopic (exact) mass is 340 g/mol. The van der Waals surface area contributed by atoms with E-state index in [1.165, 1.54) is 11.1 Å². The number of nitrogens with one attached hydrogen (secondary N) is 1. The highest BCUT2D eigenvalue weighted by Crippen LogP contribution is 2.34. The highest BCUT2D eigenvalue weighted by atomic mass is 16.5. The molecule has 0 bridgehead atoms. The minimum absolute atomic E-state index is 0.0962. The predicted molar refractivity (Wildman–Crippen MR) is 98.4 cm³/mol. The lowest BCUT2D eigenvalue weighted by Crippen LogP contribution is -2.34. The molecular formula is C20H24N2O3. The first-order valence-electron chi connectivity index (χ1n) is 8.48. The van der Waals surface area contributed by atoms with Crippen LogP contribution in [0.5, 0.6) is 11.5 Å². The van der Waals surface area contributed by atoms with E-state index < -0.39 is 0 Å². The summed E-state index contributed by atoms with van der Waals surface area (Å²) < 4.78 is 10.5. The van der Waals surface area contributed by atoms with Gasteiger partial charge in [0.2, 0.25) is 0 Å². The van der Waals surface area contributed by atoms with E-state index in [0.717, 1.165) is 19.4 Å². The van der Waals surface area contributed by atoms with Crippen molar-refractivity contribution >= 4 is 11.7 Å². The molecule has 0 unspecified atom stereocenters. The van der Waals surface area contributed by atoms with Crippen LogP contribution in [0.1, 0.15) is 30.0 Å². The van der Waals surface area contributed by atoms with Gasteiger partial charge in [0.1, 0.15) is 11.5 Å². The Kier molecular flexibility index (Phi) is 5.12. The summed E-state index contributed by atoms with van der Waals surface area (Å²) in [5.41, 5.74) is 3.10. The minimum Gasteiger partial charge on any atom is -0.497 e. The second-order valence-corrected chi connectivity index (χ2v) is 6.24. The molecule has 2 aromatic carbocycles. The van der Waals surface area contributed by atoms with Gasteiger partial charge in [0, 0.05) is 30.4 Å². The van der Waals surface area contributed by atoms with Crippen LogP contribution in [0.25, 0.3) is 0 Å². The van der Waals surface area contributed by atoms with Crippen LogP contribution >= 0.6 is 0 Å². The fourth-order valence-electron chi connectivity index (χ4n) is 3.37. The summed E-state index contributed by atoms with van der Waals surface area (Å²) in [5, 5.41) is 2.98. The summed E-state index contributed by atoms with van der Waals surface area (Å²) in [4.78, 5) is 14.8. The lowest BCUT2D eigenvalue weighted by atomic mass is 9.99. The van der Waals surface area contributed by atoms with Gasteiger partial charge in [-0.1, -0.05) is 24.3 Å². The molecule has 2 aromatic rings. The zero-order valence-corrected chi connectivity index (χ0v) is 14.9. The van der Waals surface area contributed by atoms with Crippen molar-refractivity contribution in [3.8, 4) is 11.5 Å². The minimum atomic E-state index is -0.0962. The van der Waals surface area contributed by atoms with Crippen molar-refractivity contribution in [1.29, 1.82) is 0 Å². The number of carbonyl (C=O) groups is 1. The topological polar surface area (TPSA) is 50.8 Å². The summed E-state index contributed by atoms with van der Waals surface area (Å²) in [6.07, 6.45) is 1.99. The van der Waals surface area contributed by atoms with Crippen molar-refractivity contribution in [2.75, 3.05) is 26.1 Å². The average Bonchev–Trinajstić information content (AvgIpc) is 3.11. The summed E-state index contributed by atoms with van der Waals surface area (Å²) in [6, 6.07) is 13.6. The number of nitrogens with zero attached hydrogens (tertiary/aromatic N) is 1. The number of rotatable bonds is 4. The molecule has 2 amide bonds. The van der Waals surface area contributed by atoms with Crippen LogP contribution < -0.4 is 14.8 Å². The van der Waals surface area contributed by atoms with E-state index in [-0.39, 0.29) is 12.1 Å². The summed E-state index contributed by atoms with van der Waals surface area (Å²) >= 11 is 0. The van der Waals surface area contributed by atoms with Gasteiger partial charge in [-0.25, -0.2) is 4.79 Å². The fourth-order valence-corrected chi connectivity index (χ4v) is 3.37. The molecule has 1 heterocycles. The molecule has 0 radical (unpaired) electrons. The third kappa shape index (κ3) is 3.71. The Balaban J connectivity index is 1.80. The molecule has 0 saturated carbocycles. The molecule has 1 saturated heterocycles. The molecule has 3 rings (SSSR count). The summed E-state index contributed by atoms with van der Waals surface area (Å²) in [7, 11) is 3.18. The average molecular weight is 340 g/mol. The van der Waals surface area contributed by atoms with Gasteiger partial charge in [-0.3, -0.25) is 0 Å². The second kappa shape index (κ2) is 7.47. The molecule has 0 aromatic heterocycles. The van der Waals surface area contributed by atoms with Crippen molar-refractivity contribution in [3.63, 3.8) is 0 Å². The molecule has 1 atom stereocenters. The first kappa shape index (κ1) is 17.1. The Morgan fingerprint density at radius 3 is 2.44 bits per heavy atom. The van der Waals surface area contributed by atoms with Crippen molar-refractivity contribution in [3.05, 3.63) is 53.6 Å². The Bertz CT molecular complexity index is 738. The first-order chi connectivity index (χ1) is 12.1. The highest BCUT2D eigenvalue weighted by Gasteiger charge is 2.30.